The molecule has 0 rings (SSSR count). The van der Waals surface area contributed by atoms with Gasteiger partial charge in [-0.25, -0.2) is 0 Å². The molecule has 3 nitrogen and oxygen atoms in total. The van der Waals surface area contributed by atoms with E-state index in [1.165, 1.54) is 12.8 Å². The van der Waals surface area contributed by atoms with Crippen molar-refractivity contribution in [3.8, 4) is 0 Å². The van der Waals surface area contributed by atoms with Gasteiger partial charge in [0.25, 0.3) is 0 Å². The van der Waals surface area contributed by atoms with Crippen molar-refractivity contribution in [2.75, 3.05) is 0 Å². The maximum absolute atomic E-state index is 10.1. The molecule has 0 fully saturated rings. The minimum atomic E-state index is -1.02. The molecule has 1 unspecified atom stereocenters. The zero-order valence-corrected chi connectivity index (χ0v) is 13.1. The summed E-state index contributed by atoms with van der Waals surface area (Å²) in [4.78, 5) is 10.1. The summed E-state index contributed by atoms with van der Waals surface area (Å²) in [7, 11) is 0. The average molecular weight is 240 g/mol. The number of unbranched alkanes of at least 4 members (excludes halogenated alkanes) is 3. The first-order valence-electron chi connectivity index (χ1n) is 5.54. The minimum absolute atomic E-state index is 0. The Balaban J connectivity index is 0. The van der Waals surface area contributed by atoms with Crippen LogP contribution in [-0.4, -0.2) is 17.2 Å². The van der Waals surface area contributed by atoms with Crippen LogP contribution >= 0.6 is 0 Å². The molecule has 0 amide bonds. The molecule has 0 bridgehead atoms. The van der Waals surface area contributed by atoms with Crippen LogP contribution in [0.3, 0.4) is 0 Å². The van der Waals surface area contributed by atoms with E-state index >= 15 is 0 Å². The van der Waals surface area contributed by atoms with Crippen molar-refractivity contribution in [1.29, 1.82) is 0 Å². The van der Waals surface area contributed by atoms with Gasteiger partial charge in [0.2, 0.25) is 0 Å². The van der Waals surface area contributed by atoms with Crippen molar-refractivity contribution in [3.05, 3.63) is 0 Å². The molecule has 4 heteroatoms. The Morgan fingerprint density at radius 2 is 1.80 bits per heavy atom. The fraction of sp³-hybridized carbons (Fsp3) is 0.909. The van der Waals surface area contributed by atoms with E-state index in [-0.39, 0.29) is 63.9 Å². The van der Waals surface area contributed by atoms with Gasteiger partial charge in [0.15, 0.2) is 0 Å². The number of hydrogen-bond donors (Lipinski definition) is 1. The summed E-state index contributed by atoms with van der Waals surface area (Å²) in [6.07, 6.45) is 6.25. The van der Waals surface area contributed by atoms with Crippen LogP contribution in [-0.2, 0) is 4.79 Å². The van der Waals surface area contributed by atoms with Crippen LogP contribution in [0.25, 0.3) is 0 Å². The predicted molar refractivity (Wildman–Crippen MR) is 53.6 cm³/mol. The smallest absolute Gasteiger partial charge is 0.550 e. The van der Waals surface area contributed by atoms with Gasteiger partial charge >= 0.3 is 51.4 Å². The van der Waals surface area contributed by atoms with Crippen LogP contribution in [0.1, 0.15) is 58.3 Å². The topological polar surface area (TPSA) is 60.4 Å². The second-order valence-corrected chi connectivity index (χ2v) is 3.77. The third-order valence-electron chi connectivity index (χ3n) is 2.31. The molecular formula is C11H21KO3. The molecule has 0 saturated carbocycles. The van der Waals surface area contributed by atoms with Crippen LogP contribution in [0.15, 0.2) is 0 Å². The van der Waals surface area contributed by atoms with Gasteiger partial charge in [-0.05, 0) is 25.7 Å². The summed E-state index contributed by atoms with van der Waals surface area (Å²) in [5, 5.41) is 19.5. The first-order valence-corrected chi connectivity index (χ1v) is 5.54. The number of carboxylic acids is 1. The van der Waals surface area contributed by atoms with Crippen molar-refractivity contribution < 1.29 is 66.4 Å². The number of aliphatic carboxylic acids is 1. The van der Waals surface area contributed by atoms with Crippen LogP contribution in [0.5, 0.6) is 0 Å². The Morgan fingerprint density at radius 3 is 2.33 bits per heavy atom. The van der Waals surface area contributed by atoms with Gasteiger partial charge in [0, 0.05) is 5.97 Å². The zero-order chi connectivity index (χ0) is 10.8. The van der Waals surface area contributed by atoms with Crippen molar-refractivity contribution in [1.82, 2.24) is 0 Å². The molecule has 0 aliphatic rings. The molecule has 0 heterocycles. The van der Waals surface area contributed by atoms with E-state index in [0.717, 1.165) is 19.3 Å². The fourth-order valence-electron chi connectivity index (χ4n) is 1.43. The van der Waals surface area contributed by atoms with Crippen LogP contribution in [0.4, 0.5) is 0 Å². The second-order valence-electron chi connectivity index (χ2n) is 3.77. The molecule has 0 aromatic carbocycles. The Kier molecular flexibility index (Phi) is 16.1. The van der Waals surface area contributed by atoms with Crippen molar-refractivity contribution >= 4 is 5.97 Å². The molecule has 0 aromatic rings. The number of aliphatic hydroxyl groups excluding tert-OH is 1. The van der Waals surface area contributed by atoms with E-state index < -0.39 is 5.97 Å². The molecule has 1 atom stereocenters. The Morgan fingerprint density at radius 1 is 1.20 bits per heavy atom. The van der Waals surface area contributed by atoms with Crippen LogP contribution < -0.4 is 56.5 Å². The van der Waals surface area contributed by atoms with Gasteiger partial charge in [-0.2, -0.15) is 0 Å². The van der Waals surface area contributed by atoms with E-state index in [4.69, 9.17) is 0 Å². The quantitative estimate of drug-likeness (QED) is 0.384. The van der Waals surface area contributed by atoms with Gasteiger partial charge in [-0.3, -0.25) is 0 Å². The third kappa shape index (κ3) is 15.1. The molecule has 1 N–H and O–H groups in total. The molecule has 0 spiro atoms. The first-order chi connectivity index (χ1) is 6.66. The van der Waals surface area contributed by atoms with E-state index in [9.17, 15) is 15.0 Å². The van der Waals surface area contributed by atoms with Crippen LogP contribution in [0.2, 0.25) is 0 Å². The summed E-state index contributed by atoms with van der Waals surface area (Å²) >= 11 is 0. The number of carbonyl (C=O) groups is 1. The first kappa shape index (κ1) is 18.4. The standard InChI is InChI=1S/C11H22O3.K/c1-2-3-4-5-7-10(12)8-6-9-11(13)14;/h10,12H,2-9H2,1H3,(H,13,14);/q;+1/p-1. The van der Waals surface area contributed by atoms with Gasteiger partial charge in [-0.15, -0.1) is 0 Å². The van der Waals surface area contributed by atoms with Crippen molar-refractivity contribution in [2.45, 2.75) is 64.4 Å². The summed E-state index contributed by atoms with van der Waals surface area (Å²) in [5.74, 6) is -1.02. The molecule has 15 heavy (non-hydrogen) atoms. The predicted octanol–water partition coefficient (Wildman–Crippen LogP) is -1.76. The monoisotopic (exact) mass is 240 g/mol. The molecule has 0 radical (unpaired) electrons. The molecule has 84 valence electrons. The maximum Gasteiger partial charge on any atom is 1.00 e. The third-order valence-corrected chi connectivity index (χ3v) is 2.31. The fourth-order valence-corrected chi connectivity index (χ4v) is 1.43. The summed E-state index contributed by atoms with van der Waals surface area (Å²) in [6, 6.07) is 0. The average Bonchev–Trinajstić information content (AvgIpc) is 2.12. The summed E-state index contributed by atoms with van der Waals surface area (Å²) in [5.41, 5.74) is 0. The van der Waals surface area contributed by atoms with E-state index in [1.54, 1.807) is 0 Å². The summed E-state index contributed by atoms with van der Waals surface area (Å²) < 4.78 is 0. The number of carbonyl (C=O) groups excluding carboxylic acids is 1. The van der Waals surface area contributed by atoms with E-state index in [2.05, 4.69) is 6.92 Å². The summed E-state index contributed by atoms with van der Waals surface area (Å²) in [6.45, 7) is 2.15. The Bertz CT molecular complexity index is 151. The number of carboxylic acid groups (broad SMARTS) is 1. The largest absolute Gasteiger partial charge is 1.00 e. The number of rotatable bonds is 9. The molecule has 0 saturated heterocycles. The zero-order valence-electron chi connectivity index (χ0n) is 10.00. The molecule has 0 aromatic heterocycles. The van der Waals surface area contributed by atoms with Crippen LogP contribution in [0, 0.1) is 0 Å². The van der Waals surface area contributed by atoms with Gasteiger partial charge in [0.05, 0.1) is 6.10 Å². The van der Waals surface area contributed by atoms with Crippen molar-refractivity contribution in [3.63, 3.8) is 0 Å². The minimum Gasteiger partial charge on any atom is -0.550 e. The van der Waals surface area contributed by atoms with Gasteiger partial charge in [0.1, 0.15) is 0 Å². The van der Waals surface area contributed by atoms with E-state index in [1.807, 2.05) is 0 Å². The molecule has 0 aliphatic carbocycles. The number of aliphatic hydroxyl groups is 1. The van der Waals surface area contributed by atoms with Gasteiger partial charge in [-0.1, -0.05) is 32.6 Å². The Labute approximate surface area is 135 Å². The van der Waals surface area contributed by atoms with Gasteiger partial charge < -0.3 is 15.0 Å². The molecule has 0 aliphatic heterocycles. The van der Waals surface area contributed by atoms with Crippen molar-refractivity contribution in [2.24, 2.45) is 0 Å². The normalized spacial score (nSPS) is 11.9. The van der Waals surface area contributed by atoms with E-state index in [0.29, 0.717) is 12.8 Å². The second kappa shape index (κ2) is 13.1. The number of hydrogen-bond acceptors (Lipinski definition) is 3. The molecular weight excluding hydrogens is 219 g/mol. The Hall–Kier alpha value is 1.07. The SMILES string of the molecule is CCCCCCC(O)CCCC(=O)[O-].[K+]. The maximum atomic E-state index is 10.1.